The van der Waals surface area contributed by atoms with Crippen LogP contribution < -0.4 is 0 Å². The van der Waals surface area contributed by atoms with Crippen molar-refractivity contribution < 1.29 is 9.50 Å². The van der Waals surface area contributed by atoms with E-state index >= 15 is 0 Å². The summed E-state index contributed by atoms with van der Waals surface area (Å²) in [5.41, 5.74) is 3.05. The van der Waals surface area contributed by atoms with E-state index in [-0.39, 0.29) is 11.6 Å². The molecule has 0 radical (unpaired) electrons. The number of rotatable bonds is 1. The van der Waals surface area contributed by atoms with Gasteiger partial charge in [0, 0.05) is 5.56 Å². The van der Waals surface area contributed by atoms with Gasteiger partial charge in [-0.15, -0.1) is 0 Å². The molecule has 1 nitrogen and oxygen atoms in total. The van der Waals surface area contributed by atoms with Crippen molar-refractivity contribution in [2.75, 3.05) is 0 Å². The number of phenols is 1. The molecule has 0 aliphatic carbocycles. The number of hydrogen-bond donors (Lipinski definition) is 1. The van der Waals surface area contributed by atoms with Crippen LogP contribution in [0.2, 0.25) is 0 Å². The maximum absolute atomic E-state index is 13.3. The minimum Gasteiger partial charge on any atom is -0.507 e. The summed E-state index contributed by atoms with van der Waals surface area (Å²) in [7, 11) is 0. The molecule has 0 heterocycles. The van der Waals surface area contributed by atoms with Crippen molar-refractivity contribution in [3.63, 3.8) is 0 Å². The van der Waals surface area contributed by atoms with Crippen molar-refractivity contribution in [1.82, 2.24) is 0 Å². The fourth-order valence-corrected chi connectivity index (χ4v) is 1.69. The molecule has 0 bridgehead atoms. The smallest absolute Gasteiger partial charge is 0.126 e. The molecule has 0 aliphatic rings. The molecule has 0 aromatic heterocycles. The van der Waals surface area contributed by atoms with Gasteiger partial charge < -0.3 is 5.11 Å². The third-order valence-corrected chi connectivity index (χ3v) is 2.63. The van der Waals surface area contributed by atoms with Gasteiger partial charge in [0.2, 0.25) is 0 Å². The maximum Gasteiger partial charge on any atom is 0.126 e. The summed E-state index contributed by atoms with van der Waals surface area (Å²) < 4.78 is 13.3. The number of hydrogen-bond acceptors (Lipinski definition) is 1. The molecule has 2 heteroatoms. The molecule has 0 saturated carbocycles. The van der Waals surface area contributed by atoms with E-state index in [9.17, 15) is 9.50 Å². The van der Waals surface area contributed by atoms with Crippen LogP contribution in [-0.4, -0.2) is 5.11 Å². The zero-order chi connectivity index (χ0) is 11.7. The molecule has 1 N–H and O–H groups in total. The van der Waals surface area contributed by atoms with Crippen LogP contribution in [0, 0.1) is 19.7 Å². The summed E-state index contributed by atoms with van der Waals surface area (Å²) in [6, 6.07) is 10.3. The van der Waals surface area contributed by atoms with E-state index in [4.69, 9.17) is 0 Å². The second-order valence-corrected chi connectivity index (χ2v) is 3.98. The zero-order valence-electron chi connectivity index (χ0n) is 9.29. The van der Waals surface area contributed by atoms with Gasteiger partial charge in [-0.2, -0.15) is 0 Å². The Labute approximate surface area is 94.2 Å². The topological polar surface area (TPSA) is 20.2 Å². The van der Waals surface area contributed by atoms with Gasteiger partial charge in [-0.05, 0) is 37.1 Å². The van der Waals surface area contributed by atoms with Gasteiger partial charge in [-0.1, -0.05) is 29.8 Å². The fourth-order valence-electron chi connectivity index (χ4n) is 1.69. The van der Waals surface area contributed by atoms with Crippen LogP contribution in [0.25, 0.3) is 11.1 Å². The van der Waals surface area contributed by atoms with Crippen molar-refractivity contribution in [2.45, 2.75) is 13.8 Å². The van der Waals surface area contributed by atoms with E-state index in [0.717, 1.165) is 11.1 Å². The molecular weight excluding hydrogens is 203 g/mol. The van der Waals surface area contributed by atoms with Gasteiger partial charge in [-0.3, -0.25) is 0 Å². The molecule has 2 aromatic rings. The van der Waals surface area contributed by atoms with Crippen LogP contribution in [0.4, 0.5) is 4.39 Å². The predicted molar refractivity (Wildman–Crippen MR) is 63.0 cm³/mol. The highest BCUT2D eigenvalue weighted by atomic mass is 19.1. The first kappa shape index (κ1) is 10.7. The van der Waals surface area contributed by atoms with Gasteiger partial charge in [-0.25, -0.2) is 4.39 Å². The lowest BCUT2D eigenvalue weighted by Crippen LogP contribution is -1.86. The van der Waals surface area contributed by atoms with Crippen molar-refractivity contribution in [1.29, 1.82) is 0 Å². The summed E-state index contributed by atoms with van der Waals surface area (Å²) in [6.07, 6.45) is 0. The first-order chi connectivity index (χ1) is 7.58. The summed E-state index contributed by atoms with van der Waals surface area (Å²) in [6.45, 7) is 3.68. The minimum absolute atomic E-state index is 0.144. The van der Waals surface area contributed by atoms with Crippen LogP contribution in [0.3, 0.4) is 0 Å². The maximum atomic E-state index is 13.3. The third kappa shape index (κ3) is 1.91. The number of benzene rings is 2. The fraction of sp³-hybridized carbons (Fsp3) is 0.143. The minimum atomic E-state index is -0.328. The summed E-state index contributed by atoms with van der Waals surface area (Å²) in [5, 5.41) is 9.88. The second-order valence-electron chi connectivity index (χ2n) is 3.98. The van der Waals surface area contributed by atoms with Crippen molar-refractivity contribution in [3.8, 4) is 16.9 Å². The molecule has 16 heavy (non-hydrogen) atoms. The average Bonchev–Trinajstić information content (AvgIpc) is 2.25. The van der Waals surface area contributed by atoms with Crippen LogP contribution in [0.5, 0.6) is 5.75 Å². The van der Waals surface area contributed by atoms with Gasteiger partial charge >= 0.3 is 0 Å². The van der Waals surface area contributed by atoms with Crippen LogP contribution >= 0.6 is 0 Å². The van der Waals surface area contributed by atoms with Gasteiger partial charge in [0.25, 0.3) is 0 Å². The number of phenolic OH excluding ortho intramolecular Hbond substituents is 1. The molecule has 0 saturated heterocycles. The van der Waals surface area contributed by atoms with E-state index in [0.29, 0.717) is 11.1 Å². The van der Waals surface area contributed by atoms with Gasteiger partial charge in [0.05, 0.1) is 0 Å². The predicted octanol–water partition coefficient (Wildman–Crippen LogP) is 3.82. The molecule has 0 unspecified atom stereocenters. The molecule has 0 spiro atoms. The Morgan fingerprint density at radius 2 is 1.62 bits per heavy atom. The van der Waals surface area contributed by atoms with Crippen LogP contribution in [-0.2, 0) is 0 Å². The van der Waals surface area contributed by atoms with Crippen molar-refractivity contribution >= 4 is 0 Å². The standard InChI is InChI=1S/C14H13FO/c1-9-3-5-11(6-4-9)13-8-12(15)7-10(2)14(13)16/h3-8,16H,1-2H3. The van der Waals surface area contributed by atoms with Crippen molar-refractivity contribution in [3.05, 3.63) is 53.3 Å². The Hall–Kier alpha value is -1.83. The van der Waals surface area contributed by atoms with E-state index < -0.39 is 0 Å². The highest BCUT2D eigenvalue weighted by Crippen LogP contribution is 2.32. The monoisotopic (exact) mass is 216 g/mol. The Morgan fingerprint density at radius 3 is 2.25 bits per heavy atom. The quantitative estimate of drug-likeness (QED) is 0.768. The lowest BCUT2D eigenvalue weighted by molar-refractivity contribution is 0.471. The first-order valence-electron chi connectivity index (χ1n) is 5.14. The highest BCUT2D eigenvalue weighted by Gasteiger charge is 2.08. The van der Waals surface area contributed by atoms with Crippen molar-refractivity contribution in [2.24, 2.45) is 0 Å². The Bertz CT molecular complexity index is 515. The second kappa shape index (κ2) is 3.97. The van der Waals surface area contributed by atoms with E-state index in [1.165, 1.54) is 12.1 Å². The molecule has 82 valence electrons. The Kier molecular flexibility index (Phi) is 2.65. The zero-order valence-corrected chi connectivity index (χ0v) is 9.29. The average molecular weight is 216 g/mol. The lowest BCUT2D eigenvalue weighted by atomic mass is 10.0. The summed E-state index contributed by atoms with van der Waals surface area (Å²) >= 11 is 0. The number of halogens is 1. The summed E-state index contributed by atoms with van der Waals surface area (Å²) in [4.78, 5) is 0. The molecule has 0 fully saturated rings. The SMILES string of the molecule is Cc1ccc(-c2cc(F)cc(C)c2O)cc1. The largest absolute Gasteiger partial charge is 0.507 e. The number of aryl methyl sites for hydroxylation is 2. The normalized spacial score (nSPS) is 10.4. The molecular formula is C14H13FO. The van der Waals surface area contributed by atoms with E-state index in [2.05, 4.69) is 0 Å². The molecule has 0 aliphatic heterocycles. The molecule has 2 aromatic carbocycles. The highest BCUT2D eigenvalue weighted by molar-refractivity contribution is 5.71. The van der Waals surface area contributed by atoms with E-state index in [1.807, 2.05) is 31.2 Å². The van der Waals surface area contributed by atoms with Crippen LogP contribution in [0.15, 0.2) is 36.4 Å². The third-order valence-electron chi connectivity index (χ3n) is 2.63. The molecule has 0 atom stereocenters. The van der Waals surface area contributed by atoms with Gasteiger partial charge in [0.1, 0.15) is 11.6 Å². The lowest BCUT2D eigenvalue weighted by Gasteiger charge is -2.08. The molecule has 2 rings (SSSR count). The Balaban J connectivity index is 2.59. The first-order valence-corrected chi connectivity index (χ1v) is 5.14. The van der Waals surface area contributed by atoms with Gasteiger partial charge in [0.15, 0.2) is 0 Å². The Morgan fingerprint density at radius 1 is 1.00 bits per heavy atom. The number of aromatic hydroxyl groups is 1. The molecule has 0 amide bonds. The van der Waals surface area contributed by atoms with Crippen LogP contribution in [0.1, 0.15) is 11.1 Å². The summed E-state index contributed by atoms with van der Waals surface area (Å²) in [5.74, 6) is -0.184. The van der Waals surface area contributed by atoms with E-state index in [1.54, 1.807) is 6.92 Å².